The van der Waals surface area contributed by atoms with E-state index in [-0.39, 0.29) is 12.2 Å². The molecule has 1 aromatic carbocycles. The smallest absolute Gasteiger partial charge is 0.152 e. The molecule has 1 aliphatic heterocycles. The van der Waals surface area contributed by atoms with Gasteiger partial charge >= 0.3 is 0 Å². The number of benzene rings is 1. The molecule has 0 aliphatic carbocycles. The minimum atomic E-state index is -0.436. The first-order valence-corrected chi connectivity index (χ1v) is 8.54. The van der Waals surface area contributed by atoms with Crippen LogP contribution in [-0.4, -0.2) is 36.6 Å². The van der Waals surface area contributed by atoms with Crippen molar-refractivity contribution < 1.29 is 13.9 Å². The normalized spacial score (nSPS) is 20.4. The third kappa shape index (κ3) is 3.64. The summed E-state index contributed by atoms with van der Waals surface area (Å²) < 4.78 is 20.4. The molecule has 1 aliphatic rings. The minimum absolute atomic E-state index is 0.0153. The highest BCUT2D eigenvalue weighted by molar-refractivity contribution is 7.10. The molecule has 1 saturated heterocycles. The van der Waals surface area contributed by atoms with Gasteiger partial charge < -0.3 is 9.64 Å². The molecule has 0 spiro atoms. The Morgan fingerprint density at radius 1 is 1.33 bits per heavy atom. The van der Waals surface area contributed by atoms with Crippen molar-refractivity contribution in [3.63, 3.8) is 0 Å². The number of thiazole rings is 1. The number of halogens is 1. The van der Waals surface area contributed by atoms with Gasteiger partial charge in [0.15, 0.2) is 6.29 Å². The Labute approximate surface area is 144 Å². The summed E-state index contributed by atoms with van der Waals surface area (Å²) in [7, 11) is 0. The van der Waals surface area contributed by atoms with Gasteiger partial charge in [0.05, 0.1) is 34.5 Å². The molecule has 2 heterocycles. The van der Waals surface area contributed by atoms with E-state index in [2.05, 4.69) is 16.8 Å². The summed E-state index contributed by atoms with van der Waals surface area (Å²) in [6.07, 6.45) is 2.30. The molecule has 1 aromatic heterocycles. The second kappa shape index (κ2) is 7.12. The number of nitrogens with zero attached hydrogens (tertiary/aromatic N) is 2. The van der Waals surface area contributed by atoms with Gasteiger partial charge in [0.25, 0.3) is 0 Å². The van der Waals surface area contributed by atoms with Gasteiger partial charge in [-0.1, -0.05) is 5.92 Å². The maximum Gasteiger partial charge on any atom is 0.152 e. The van der Waals surface area contributed by atoms with Crippen LogP contribution in [0, 0.1) is 17.7 Å². The maximum absolute atomic E-state index is 14.7. The van der Waals surface area contributed by atoms with Gasteiger partial charge in [0.2, 0.25) is 0 Å². The van der Waals surface area contributed by atoms with Crippen molar-refractivity contribution in [2.45, 2.75) is 26.1 Å². The first-order valence-electron chi connectivity index (χ1n) is 7.66. The zero-order chi connectivity index (χ0) is 17.1. The lowest BCUT2D eigenvalue weighted by Crippen LogP contribution is -2.46. The summed E-state index contributed by atoms with van der Waals surface area (Å²) in [6, 6.07) is 3.01. The lowest BCUT2D eigenvalue weighted by Gasteiger charge is -2.37. The van der Waals surface area contributed by atoms with Gasteiger partial charge in [-0.05, 0) is 31.9 Å². The summed E-state index contributed by atoms with van der Waals surface area (Å²) >= 11 is 1.41. The van der Waals surface area contributed by atoms with Crippen molar-refractivity contribution >= 4 is 23.3 Å². The fourth-order valence-corrected chi connectivity index (χ4v) is 3.35. The second-order valence-corrected chi connectivity index (χ2v) is 6.68. The van der Waals surface area contributed by atoms with E-state index in [0.29, 0.717) is 36.2 Å². The highest BCUT2D eigenvalue weighted by Crippen LogP contribution is 2.28. The van der Waals surface area contributed by atoms with Gasteiger partial charge in [-0.3, -0.25) is 9.78 Å². The van der Waals surface area contributed by atoms with Crippen LogP contribution in [0.2, 0.25) is 0 Å². The van der Waals surface area contributed by atoms with Gasteiger partial charge in [0, 0.05) is 24.2 Å². The predicted molar refractivity (Wildman–Crippen MR) is 92.1 cm³/mol. The van der Waals surface area contributed by atoms with Crippen molar-refractivity contribution in [1.82, 2.24) is 4.98 Å². The first kappa shape index (κ1) is 16.6. The number of hydrogen-bond donors (Lipinski definition) is 0. The fraction of sp³-hybridized carbons (Fsp3) is 0.333. The molecule has 6 heteroatoms. The van der Waals surface area contributed by atoms with E-state index in [1.165, 1.54) is 17.4 Å². The third-order valence-electron chi connectivity index (χ3n) is 3.72. The molecule has 0 unspecified atom stereocenters. The molecular weight excluding hydrogens is 327 g/mol. The number of rotatable bonds is 2. The Bertz CT molecular complexity index is 785. The summed E-state index contributed by atoms with van der Waals surface area (Å²) in [5, 5.41) is 0. The predicted octanol–water partition coefficient (Wildman–Crippen LogP) is 3.11. The van der Waals surface area contributed by atoms with Crippen molar-refractivity contribution in [3.05, 3.63) is 45.7 Å². The number of carbonyl (C=O) groups is 1. The maximum atomic E-state index is 14.7. The van der Waals surface area contributed by atoms with Gasteiger partial charge in [0.1, 0.15) is 5.82 Å². The van der Waals surface area contributed by atoms with Crippen LogP contribution in [0.25, 0.3) is 0 Å². The van der Waals surface area contributed by atoms with Gasteiger partial charge in [-0.15, -0.1) is 11.3 Å². The molecule has 0 saturated carbocycles. The summed E-state index contributed by atoms with van der Waals surface area (Å²) in [6.45, 7) is 4.98. The molecule has 1 fully saturated rings. The van der Waals surface area contributed by atoms with Gasteiger partial charge in [-0.25, -0.2) is 4.39 Å². The zero-order valence-electron chi connectivity index (χ0n) is 13.5. The molecule has 2 atom stereocenters. The third-order valence-corrected chi connectivity index (χ3v) is 4.41. The number of hydrogen-bond acceptors (Lipinski definition) is 5. The minimum Gasteiger partial charge on any atom is -0.372 e. The molecule has 0 N–H and O–H groups in total. The topological polar surface area (TPSA) is 42.4 Å². The van der Waals surface area contributed by atoms with E-state index in [9.17, 15) is 9.18 Å². The number of ether oxygens (including phenoxy) is 1. The fourth-order valence-electron chi connectivity index (χ4n) is 2.89. The average molecular weight is 344 g/mol. The molecule has 3 rings (SSSR count). The standard InChI is InChI=1S/C18H17FN2O2S/c1-12-8-21(9-13(2)23-12)18-15(10-22)5-14(6-17(18)19)3-4-16-7-20-11-24-16/h5-7,10-13H,8-9H2,1-2H3/t12-,13+. The summed E-state index contributed by atoms with van der Waals surface area (Å²) in [5.41, 5.74) is 2.80. The lowest BCUT2D eigenvalue weighted by molar-refractivity contribution is -0.00543. The average Bonchev–Trinajstić information content (AvgIpc) is 3.04. The summed E-state index contributed by atoms with van der Waals surface area (Å²) in [4.78, 5) is 18.1. The van der Waals surface area contributed by atoms with Crippen LogP contribution in [0.5, 0.6) is 0 Å². The molecule has 0 bridgehead atoms. The monoisotopic (exact) mass is 344 g/mol. The van der Waals surface area contributed by atoms with Crippen LogP contribution in [0.15, 0.2) is 23.8 Å². The highest BCUT2D eigenvalue weighted by atomic mass is 32.1. The van der Waals surface area contributed by atoms with E-state index < -0.39 is 5.82 Å². The Morgan fingerprint density at radius 3 is 2.71 bits per heavy atom. The SMILES string of the molecule is C[C@@H]1CN(c2c(F)cc(C#Cc3cncs3)cc2C=O)C[C@H](C)O1. The largest absolute Gasteiger partial charge is 0.372 e. The van der Waals surface area contributed by atoms with Crippen LogP contribution in [0.4, 0.5) is 10.1 Å². The van der Waals surface area contributed by atoms with E-state index in [1.807, 2.05) is 18.7 Å². The van der Waals surface area contributed by atoms with Crippen molar-refractivity contribution in [1.29, 1.82) is 0 Å². The number of aldehydes is 1. The summed E-state index contributed by atoms with van der Waals surface area (Å²) in [5.74, 6) is 5.38. The second-order valence-electron chi connectivity index (χ2n) is 5.79. The lowest BCUT2D eigenvalue weighted by atomic mass is 10.1. The number of anilines is 1. The van der Waals surface area contributed by atoms with Crippen molar-refractivity contribution in [2.75, 3.05) is 18.0 Å². The first-order chi connectivity index (χ1) is 11.6. The van der Waals surface area contributed by atoms with Crippen molar-refractivity contribution in [2.24, 2.45) is 0 Å². The van der Waals surface area contributed by atoms with E-state index in [4.69, 9.17) is 4.74 Å². The van der Waals surface area contributed by atoms with E-state index in [1.54, 1.807) is 17.8 Å². The molecule has 0 radical (unpaired) electrons. The van der Waals surface area contributed by atoms with Crippen LogP contribution in [0.1, 0.15) is 34.6 Å². The van der Waals surface area contributed by atoms with Gasteiger partial charge in [-0.2, -0.15) is 0 Å². The van der Waals surface area contributed by atoms with Crippen LogP contribution in [-0.2, 0) is 4.74 Å². The molecule has 2 aromatic rings. The zero-order valence-corrected chi connectivity index (χ0v) is 14.3. The molecule has 0 amide bonds. The van der Waals surface area contributed by atoms with Crippen LogP contribution >= 0.6 is 11.3 Å². The number of aromatic nitrogens is 1. The van der Waals surface area contributed by atoms with Crippen molar-refractivity contribution in [3.8, 4) is 11.8 Å². The Hall–Kier alpha value is -2.23. The Kier molecular flexibility index (Phi) is 4.93. The number of morpholine rings is 1. The van der Waals surface area contributed by atoms with E-state index in [0.717, 1.165) is 4.88 Å². The highest BCUT2D eigenvalue weighted by Gasteiger charge is 2.26. The molecule has 24 heavy (non-hydrogen) atoms. The van der Waals surface area contributed by atoms with Crippen LogP contribution in [0.3, 0.4) is 0 Å². The Morgan fingerprint density at radius 2 is 2.08 bits per heavy atom. The Balaban J connectivity index is 1.95. The molecule has 124 valence electrons. The number of carbonyl (C=O) groups excluding carboxylic acids is 1. The van der Waals surface area contributed by atoms with Crippen LogP contribution < -0.4 is 4.90 Å². The molecular formula is C18H17FN2O2S. The quantitative estimate of drug-likeness (QED) is 0.620. The van der Waals surface area contributed by atoms with E-state index >= 15 is 0 Å². The molecule has 4 nitrogen and oxygen atoms in total.